The Bertz CT molecular complexity index is 870. The molecule has 2 aromatic carbocycles. The van der Waals surface area contributed by atoms with Gasteiger partial charge in [-0.05, 0) is 47.1 Å². The number of aliphatic hydroxyl groups is 3. The molecule has 2 aromatic rings. The molecular formula is C23H27ClO4S. The van der Waals surface area contributed by atoms with E-state index in [1.54, 1.807) is 11.8 Å². The fourth-order valence-electron chi connectivity index (χ4n) is 4.22. The predicted octanol–water partition coefficient (Wildman–Crippen LogP) is 3.69. The highest BCUT2D eigenvalue weighted by atomic mass is 35.5. The van der Waals surface area contributed by atoms with Crippen LogP contribution < -0.4 is 0 Å². The zero-order valence-electron chi connectivity index (χ0n) is 16.5. The van der Waals surface area contributed by atoms with Gasteiger partial charge in [-0.15, -0.1) is 11.8 Å². The van der Waals surface area contributed by atoms with E-state index in [0.29, 0.717) is 6.42 Å². The van der Waals surface area contributed by atoms with Crippen molar-refractivity contribution in [2.45, 2.75) is 61.9 Å². The van der Waals surface area contributed by atoms with Crippen LogP contribution in [0.15, 0.2) is 35.2 Å². The molecule has 6 heteroatoms. The summed E-state index contributed by atoms with van der Waals surface area (Å²) in [7, 11) is 0. The summed E-state index contributed by atoms with van der Waals surface area (Å²) in [6.45, 7) is 1.82. The first kappa shape index (κ1) is 21.2. The fraction of sp³-hybridized carbons (Fsp3) is 0.478. The minimum atomic E-state index is -1.07. The second-order valence-corrected chi connectivity index (χ2v) is 9.31. The van der Waals surface area contributed by atoms with Crippen LogP contribution in [-0.4, -0.2) is 46.0 Å². The van der Waals surface area contributed by atoms with Gasteiger partial charge in [0.25, 0.3) is 0 Å². The summed E-state index contributed by atoms with van der Waals surface area (Å²) >= 11 is 8.56. The number of rotatable bonds is 5. The molecule has 2 heterocycles. The predicted molar refractivity (Wildman–Crippen MR) is 116 cm³/mol. The molecule has 4 rings (SSSR count). The maximum Gasteiger partial charge on any atom is 0.110 e. The van der Waals surface area contributed by atoms with Crippen LogP contribution in [0.1, 0.15) is 47.3 Å². The Balaban J connectivity index is 1.69. The van der Waals surface area contributed by atoms with Crippen molar-refractivity contribution in [1.29, 1.82) is 0 Å². The number of aryl methyl sites for hydroxylation is 1. The minimum absolute atomic E-state index is 0.303. The van der Waals surface area contributed by atoms with Gasteiger partial charge in [-0.1, -0.05) is 48.9 Å². The van der Waals surface area contributed by atoms with E-state index in [4.69, 9.17) is 16.3 Å². The Kier molecular flexibility index (Phi) is 6.54. The highest BCUT2D eigenvalue weighted by molar-refractivity contribution is 7.99. The lowest BCUT2D eigenvalue weighted by Gasteiger charge is -2.37. The quantitative estimate of drug-likeness (QED) is 0.669. The maximum absolute atomic E-state index is 10.3. The van der Waals surface area contributed by atoms with E-state index in [1.165, 1.54) is 11.1 Å². The van der Waals surface area contributed by atoms with Crippen molar-refractivity contribution in [3.63, 3.8) is 0 Å². The van der Waals surface area contributed by atoms with Gasteiger partial charge in [-0.2, -0.15) is 0 Å². The van der Waals surface area contributed by atoms with Gasteiger partial charge in [0.1, 0.15) is 12.2 Å². The molecule has 1 saturated heterocycles. The molecule has 0 saturated carbocycles. The van der Waals surface area contributed by atoms with E-state index in [-0.39, 0.29) is 12.7 Å². The first-order chi connectivity index (χ1) is 14.0. The van der Waals surface area contributed by atoms with E-state index in [2.05, 4.69) is 37.3 Å². The van der Waals surface area contributed by atoms with Gasteiger partial charge in [0.2, 0.25) is 0 Å². The fourth-order valence-corrected chi connectivity index (χ4v) is 5.83. The number of ether oxygens (including phenoxy) is 1. The van der Waals surface area contributed by atoms with Gasteiger partial charge in [0, 0.05) is 22.1 Å². The summed E-state index contributed by atoms with van der Waals surface area (Å²) < 4.78 is 5.99. The van der Waals surface area contributed by atoms with Crippen LogP contribution in [0.5, 0.6) is 0 Å². The molecule has 2 aliphatic rings. The van der Waals surface area contributed by atoms with Gasteiger partial charge >= 0.3 is 0 Å². The molecule has 4 nitrogen and oxygen atoms in total. The highest BCUT2D eigenvalue weighted by Crippen LogP contribution is 2.46. The van der Waals surface area contributed by atoms with Crippen LogP contribution in [0.4, 0.5) is 0 Å². The Morgan fingerprint density at radius 1 is 1.17 bits per heavy atom. The minimum Gasteiger partial charge on any atom is -0.394 e. The van der Waals surface area contributed by atoms with Crippen molar-refractivity contribution in [1.82, 2.24) is 0 Å². The molecular weight excluding hydrogens is 408 g/mol. The topological polar surface area (TPSA) is 69.9 Å². The summed E-state index contributed by atoms with van der Waals surface area (Å²) in [5.74, 6) is 0.970. The zero-order valence-corrected chi connectivity index (χ0v) is 18.0. The first-order valence-corrected chi connectivity index (χ1v) is 11.5. The van der Waals surface area contributed by atoms with Gasteiger partial charge in [-0.25, -0.2) is 0 Å². The molecule has 0 bridgehead atoms. The number of hydrogen-bond acceptors (Lipinski definition) is 5. The van der Waals surface area contributed by atoms with Gasteiger partial charge < -0.3 is 20.1 Å². The Morgan fingerprint density at radius 2 is 1.90 bits per heavy atom. The molecule has 156 valence electrons. The van der Waals surface area contributed by atoms with Crippen LogP contribution in [0.2, 0.25) is 5.02 Å². The van der Waals surface area contributed by atoms with Crippen molar-refractivity contribution in [2.75, 3.05) is 12.4 Å². The molecule has 0 amide bonds. The zero-order chi connectivity index (χ0) is 20.5. The normalized spacial score (nSPS) is 26.5. The lowest BCUT2D eigenvalue weighted by molar-refractivity contribution is -0.182. The third kappa shape index (κ3) is 4.22. The second-order valence-electron chi connectivity index (χ2n) is 7.83. The average Bonchev–Trinajstić information content (AvgIpc) is 3.23. The molecule has 3 N–H and O–H groups in total. The van der Waals surface area contributed by atoms with E-state index >= 15 is 0 Å². The molecule has 4 atom stereocenters. The number of benzene rings is 2. The van der Waals surface area contributed by atoms with Crippen LogP contribution in [0.3, 0.4) is 0 Å². The summed E-state index contributed by atoms with van der Waals surface area (Å²) in [6, 6.07) is 10.7. The first-order valence-electron chi connectivity index (χ1n) is 10.2. The largest absolute Gasteiger partial charge is 0.394 e. The molecule has 0 spiro atoms. The number of fused-ring (bicyclic) bond motifs is 1. The summed E-state index contributed by atoms with van der Waals surface area (Å²) in [5.41, 5.74) is 5.73. The molecule has 29 heavy (non-hydrogen) atoms. The lowest BCUT2D eigenvalue weighted by atomic mass is 9.90. The van der Waals surface area contributed by atoms with Crippen LogP contribution in [-0.2, 0) is 24.0 Å². The van der Waals surface area contributed by atoms with Crippen molar-refractivity contribution in [3.05, 3.63) is 63.2 Å². The molecule has 0 radical (unpaired) electrons. The molecule has 0 aliphatic carbocycles. The van der Waals surface area contributed by atoms with Crippen molar-refractivity contribution >= 4 is 23.4 Å². The standard InChI is InChI=1S/C23H27ClO4S/c1-2-13-3-5-14(6-4-13)9-15-10-17(23-16(21(15)24)7-8-29-23)19-11-18(26)22(27)20(12-25)28-19/h3-6,10,18-20,22,25-27H,2,7-9,11-12H2,1H3. The van der Waals surface area contributed by atoms with Crippen molar-refractivity contribution in [3.8, 4) is 0 Å². The summed E-state index contributed by atoms with van der Waals surface area (Å²) in [4.78, 5) is 1.13. The third-order valence-corrected chi connectivity index (χ3v) is 7.58. The van der Waals surface area contributed by atoms with Gasteiger partial charge in [0.15, 0.2) is 0 Å². The maximum atomic E-state index is 10.3. The van der Waals surface area contributed by atoms with Crippen LogP contribution in [0.25, 0.3) is 0 Å². The van der Waals surface area contributed by atoms with Crippen molar-refractivity contribution < 1.29 is 20.1 Å². The lowest BCUT2D eigenvalue weighted by Crippen LogP contribution is -2.47. The SMILES string of the molecule is CCc1ccc(Cc2cc(C3CC(O)C(O)C(CO)O3)c3c(c2Cl)CCS3)cc1. The Hall–Kier alpha value is -1.08. The average molecular weight is 435 g/mol. The molecule has 4 unspecified atom stereocenters. The number of aliphatic hydroxyl groups excluding tert-OH is 3. The Labute approximate surface area is 180 Å². The third-order valence-electron chi connectivity index (χ3n) is 5.93. The van der Waals surface area contributed by atoms with E-state index in [1.807, 2.05) is 0 Å². The van der Waals surface area contributed by atoms with Crippen molar-refractivity contribution in [2.24, 2.45) is 0 Å². The molecule has 2 aliphatic heterocycles. The molecule has 1 fully saturated rings. The number of hydrogen-bond donors (Lipinski definition) is 3. The van der Waals surface area contributed by atoms with E-state index in [9.17, 15) is 15.3 Å². The second kappa shape index (κ2) is 8.96. The van der Waals surface area contributed by atoms with E-state index < -0.39 is 18.3 Å². The monoisotopic (exact) mass is 434 g/mol. The number of thioether (sulfide) groups is 1. The number of halogens is 1. The summed E-state index contributed by atoms with van der Waals surface area (Å²) in [5, 5.41) is 30.7. The summed E-state index contributed by atoms with van der Waals surface area (Å²) in [6.07, 6.45) is -0.188. The van der Waals surface area contributed by atoms with Gasteiger partial charge in [0.05, 0.1) is 18.8 Å². The Morgan fingerprint density at radius 3 is 2.59 bits per heavy atom. The molecule has 0 aromatic heterocycles. The van der Waals surface area contributed by atoms with Gasteiger partial charge in [-0.3, -0.25) is 0 Å². The highest BCUT2D eigenvalue weighted by Gasteiger charge is 2.38. The van der Waals surface area contributed by atoms with Crippen LogP contribution in [0, 0.1) is 0 Å². The van der Waals surface area contributed by atoms with E-state index in [0.717, 1.165) is 51.6 Å². The van der Waals surface area contributed by atoms with Crippen LogP contribution >= 0.6 is 23.4 Å². The smallest absolute Gasteiger partial charge is 0.110 e.